The summed E-state index contributed by atoms with van der Waals surface area (Å²) in [5.74, 6) is -0.396. The molecule has 2 N–H and O–H groups in total. The first kappa shape index (κ1) is 18.5. The summed E-state index contributed by atoms with van der Waals surface area (Å²) in [5, 5.41) is 5.80. The summed E-state index contributed by atoms with van der Waals surface area (Å²) in [6, 6.07) is 4.91. The topological polar surface area (TPSA) is 50.4 Å². The number of carbonyl (C=O) groups excluding carboxylic acids is 1. The van der Waals surface area contributed by atoms with Crippen LogP contribution in [0.15, 0.2) is 30.4 Å². The molecule has 0 aliphatic heterocycles. The Morgan fingerprint density at radius 1 is 1.32 bits per heavy atom. The summed E-state index contributed by atoms with van der Waals surface area (Å²) < 4.78 is 18.7. The maximum absolute atomic E-state index is 13.6. The second-order valence-corrected chi connectivity index (χ2v) is 6.11. The molecule has 0 saturated carbocycles. The van der Waals surface area contributed by atoms with E-state index in [-0.39, 0.29) is 5.02 Å². The smallest absolute Gasteiger partial charge is 0.407 e. The summed E-state index contributed by atoms with van der Waals surface area (Å²) in [4.78, 5) is 11.4. The lowest BCUT2D eigenvalue weighted by atomic mass is 10.2. The van der Waals surface area contributed by atoms with Crippen molar-refractivity contribution in [3.8, 4) is 0 Å². The van der Waals surface area contributed by atoms with E-state index >= 15 is 0 Å². The Morgan fingerprint density at radius 2 is 2.00 bits per heavy atom. The van der Waals surface area contributed by atoms with Gasteiger partial charge in [0.1, 0.15) is 11.4 Å². The summed E-state index contributed by atoms with van der Waals surface area (Å²) in [6.07, 6.45) is 3.19. The van der Waals surface area contributed by atoms with Crippen LogP contribution in [-0.4, -0.2) is 24.8 Å². The number of rotatable bonds is 6. The van der Waals surface area contributed by atoms with Crippen molar-refractivity contribution in [2.24, 2.45) is 0 Å². The minimum atomic E-state index is -0.504. The zero-order valence-electron chi connectivity index (χ0n) is 13.1. The number of halogens is 2. The van der Waals surface area contributed by atoms with E-state index in [4.69, 9.17) is 16.3 Å². The molecular weight excluding hydrogens is 307 g/mol. The van der Waals surface area contributed by atoms with Crippen molar-refractivity contribution in [3.63, 3.8) is 0 Å². The number of alkyl carbamates (subject to hydrolysis) is 1. The number of ether oxygens (including phenoxy) is 1. The van der Waals surface area contributed by atoms with Gasteiger partial charge in [-0.1, -0.05) is 35.9 Å². The molecule has 0 aromatic heterocycles. The molecule has 1 aromatic carbocycles. The Labute approximate surface area is 135 Å². The molecule has 0 aliphatic carbocycles. The van der Waals surface area contributed by atoms with Crippen molar-refractivity contribution in [1.29, 1.82) is 0 Å². The highest BCUT2D eigenvalue weighted by molar-refractivity contribution is 6.30. The lowest BCUT2D eigenvalue weighted by Gasteiger charge is -2.19. The molecule has 1 rings (SSSR count). The molecule has 0 spiro atoms. The van der Waals surface area contributed by atoms with Crippen LogP contribution in [0, 0.1) is 5.82 Å². The van der Waals surface area contributed by atoms with Gasteiger partial charge in [0.25, 0.3) is 0 Å². The standard InChI is InChI=1S/C16H22ClFN2O2/c1-16(2,3)22-15(21)20-10-5-4-9-19-11-12-7-6-8-13(17)14(12)18/h4-8,19H,9-11H2,1-3H3,(H,20,21)/b5-4+. The molecule has 0 fully saturated rings. The lowest BCUT2D eigenvalue weighted by Crippen LogP contribution is -2.32. The van der Waals surface area contributed by atoms with E-state index < -0.39 is 17.5 Å². The van der Waals surface area contributed by atoms with Gasteiger partial charge in [-0.2, -0.15) is 0 Å². The van der Waals surface area contributed by atoms with Crippen molar-refractivity contribution in [2.75, 3.05) is 13.1 Å². The van der Waals surface area contributed by atoms with Gasteiger partial charge >= 0.3 is 6.09 Å². The molecule has 0 saturated heterocycles. The quantitative estimate of drug-likeness (QED) is 0.619. The fraction of sp³-hybridized carbons (Fsp3) is 0.438. The van der Waals surface area contributed by atoms with E-state index in [0.29, 0.717) is 25.2 Å². The Kier molecular flexibility index (Phi) is 7.35. The van der Waals surface area contributed by atoms with Gasteiger partial charge in [0.2, 0.25) is 0 Å². The van der Waals surface area contributed by atoms with Gasteiger partial charge < -0.3 is 15.4 Å². The Bertz CT molecular complexity index is 527. The van der Waals surface area contributed by atoms with E-state index in [0.717, 1.165) is 0 Å². The fourth-order valence-corrected chi connectivity index (χ4v) is 1.79. The number of nitrogens with one attached hydrogen (secondary N) is 2. The number of benzene rings is 1. The van der Waals surface area contributed by atoms with Crippen LogP contribution in [0.25, 0.3) is 0 Å². The normalized spacial score (nSPS) is 11.7. The van der Waals surface area contributed by atoms with E-state index in [1.165, 1.54) is 6.07 Å². The average molecular weight is 329 g/mol. The highest BCUT2D eigenvalue weighted by Crippen LogP contribution is 2.17. The molecule has 6 heteroatoms. The number of hydrogen-bond donors (Lipinski definition) is 2. The van der Waals surface area contributed by atoms with Crippen LogP contribution in [0.1, 0.15) is 26.3 Å². The predicted octanol–water partition coefficient (Wildman–Crippen LogP) is 3.65. The molecule has 1 amide bonds. The first-order chi connectivity index (χ1) is 10.3. The van der Waals surface area contributed by atoms with Crippen LogP contribution in [0.3, 0.4) is 0 Å². The van der Waals surface area contributed by atoms with Crippen LogP contribution in [0.2, 0.25) is 5.02 Å². The predicted molar refractivity (Wildman–Crippen MR) is 86.5 cm³/mol. The number of amides is 1. The SMILES string of the molecule is CC(C)(C)OC(=O)NC/C=C/CNCc1cccc(Cl)c1F. The monoisotopic (exact) mass is 328 g/mol. The molecule has 0 unspecified atom stereocenters. The van der Waals surface area contributed by atoms with Crippen molar-refractivity contribution in [3.05, 3.63) is 46.8 Å². The van der Waals surface area contributed by atoms with Crippen LogP contribution in [0.5, 0.6) is 0 Å². The zero-order chi connectivity index (χ0) is 16.6. The minimum absolute atomic E-state index is 0.122. The van der Waals surface area contributed by atoms with Gasteiger partial charge in [0, 0.05) is 25.2 Å². The molecule has 22 heavy (non-hydrogen) atoms. The largest absolute Gasteiger partial charge is 0.444 e. The van der Waals surface area contributed by atoms with E-state index in [1.54, 1.807) is 39.0 Å². The van der Waals surface area contributed by atoms with Gasteiger partial charge in [-0.05, 0) is 26.8 Å². The van der Waals surface area contributed by atoms with Crippen LogP contribution in [0.4, 0.5) is 9.18 Å². The second kappa shape index (κ2) is 8.76. The minimum Gasteiger partial charge on any atom is -0.444 e. The molecule has 0 atom stereocenters. The van der Waals surface area contributed by atoms with Gasteiger partial charge in [-0.3, -0.25) is 0 Å². The van der Waals surface area contributed by atoms with E-state index in [1.807, 2.05) is 6.08 Å². The Balaban J connectivity index is 2.19. The van der Waals surface area contributed by atoms with Crippen molar-refractivity contribution in [1.82, 2.24) is 10.6 Å². The second-order valence-electron chi connectivity index (χ2n) is 5.70. The first-order valence-corrected chi connectivity index (χ1v) is 7.43. The third kappa shape index (κ3) is 7.43. The van der Waals surface area contributed by atoms with Crippen LogP contribution in [-0.2, 0) is 11.3 Å². The number of hydrogen-bond acceptors (Lipinski definition) is 3. The van der Waals surface area contributed by atoms with Crippen molar-refractivity contribution < 1.29 is 13.9 Å². The van der Waals surface area contributed by atoms with Crippen molar-refractivity contribution in [2.45, 2.75) is 32.9 Å². The Morgan fingerprint density at radius 3 is 2.68 bits per heavy atom. The molecule has 0 bridgehead atoms. The average Bonchev–Trinajstić information content (AvgIpc) is 2.40. The summed E-state index contributed by atoms with van der Waals surface area (Å²) >= 11 is 5.70. The van der Waals surface area contributed by atoms with Gasteiger partial charge in [0.15, 0.2) is 0 Å². The molecule has 0 heterocycles. The fourth-order valence-electron chi connectivity index (χ4n) is 1.60. The molecule has 122 valence electrons. The summed E-state index contributed by atoms with van der Waals surface area (Å²) in [7, 11) is 0. The van der Waals surface area contributed by atoms with Crippen LogP contribution < -0.4 is 10.6 Å². The lowest BCUT2D eigenvalue weighted by molar-refractivity contribution is 0.0534. The molecule has 1 aromatic rings. The van der Waals surface area contributed by atoms with Gasteiger partial charge in [-0.15, -0.1) is 0 Å². The van der Waals surface area contributed by atoms with E-state index in [9.17, 15) is 9.18 Å². The van der Waals surface area contributed by atoms with Gasteiger partial charge in [0.05, 0.1) is 5.02 Å². The zero-order valence-corrected chi connectivity index (χ0v) is 13.8. The van der Waals surface area contributed by atoms with Gasteiger partial charge in [-0.25, -0.2) is 9.18 Å². The third-order valence-electron chi connectivity index (χ3n) is 2.54. The first-order valence-electron chi connectivity index (χ1n) is 7.05. The molecular formula is C16H22ClFN2O2. The highest BCUT2D eigenvalue weighted by Gasteiger charge is 2.14. The maximum atomic E-state index is 13.6. The molecule has 4 nitrogen and oxygen atoms in total. The Hall–Kier alpha value is -1.59. The van der Waals surface area contributed by atoms with Crippen LogP contribution >= 0.6 is 11.6 Å². The number of carbonyl (C=O) groups is 1. The summed E-state index contributed by atoms with van der Waals surface area (Å²) in [6.45, 7) is 6.74. The molecule has 0 radical (unpaired) electrons. The highest BCUT2D eigenvalue weighted by atomic mass is 35.5. The van der Waals surface area contributed by atoms with Crippen molar-refractivity contribution >= 4 is 17.7 Å². The summed E-state index contributed by atoms with van der Waals surface area (Å²) in [5.41, 5.74) is 0.0175. The van der Waals surface area contributed by atoms with E-state index in [2.05, 4.69) is 10.6 Å². The maximum Gasteiger partial charge on any atom is 0.407 e. The molecule has 0 aliphatic rings. The third-order valence-corrected chi connectivity index (χ3v) is 2.83.